The van der Waals surface area contributed by atoms with Crippen LogP contribution in [-0.4, -0.2) is 30.3 Å². The molecule has 0 N–H and O–H groups in total. The van der Waals surface area contributed by atoms with Crippen molar-refractivity contribution in [3.05, 3.63) is 42.0 Å². The van der Waals surface area contributed by atoms with Crippen molar-refractivity contribution in [3.63, 3.8) is 0 Å². The highest BCUT2D eigenvalue weighted by atomic mass is 32.2. The van der Waals surface area contributed by atoms with Crippen LogP contribution in [-0.2, 0) is 33.5 Å². The summed E-state index contributed by atoms with van der Waals surface area (Å²) in [5, 5.41) is 4.09. The number of aromatic nitrogens is 3. The summed E-state index contributed by atoms with van der Waals surface area (Å²) in [4.78, 5) is 4.27. The van der Waals surface area contributed by atoms with Crippen LogP contribution in [0.1, 0.15) is 18.3 Å². The van der Waals surface area contributed by atoms with Gasteiger partial charge in [0.05, 0.1) is 11.5 Å². The van der Waals surface area contributed by atoms with Crippen LogP contribution < -0.4 is 0 Å². The first-order chi connectivity index (χ1) is 9.55. The molecule has 1 aromatic heterocycles. The maximum Gasteiger partial charge on any atom is 0.185 e. The number of hydrogen-bond acceptors (Lipinski definition) is 5. The van der Waals surface area contributed by atoms with Crippen LogP contribution in [0.3, 0.4) is 0 Å². The first-order valence-corrected chi connectivity index (χ1v) is 7.89. The van der Waals surface area contributed by atoms with Gasteiger partial charge in [-0.25, -0.2) is 13.4 Å². The molecule has 0 saturated heterocycles. The Hall–Kier alpha value is -1.73. The summed E-state index contributed by atoms with van der Waals surface area (Å²) in [7, 11) is -1.82. The van der Waals surface area contributed by atoms with Crippen molar-refractivity contribution in [2.45, 2.75) is 30.7 Å². The molecule has 20 heavy (non-hydrogen) atoms. The van der Waals surface area contributed by atoms with Crippen molar-refractivity contribution in [3.8, 4) is 0 Å². The van der Waals surface area contributed by atoms with E-state index in [1.165, 1.54) is 6.33 Å². The summed E-state index contributed by atoms with van der Waals surface area (Å²) in [6.07, 6.45) is 1.53. The Morgan fingerprint density at radius 1 is 1.25 bits per heavy atom. The second-order valence-electron chi connectivity index (χ2n) is 4.35. The SMILES string of the molecule is CCn1cnc(CS(=O)(=O)c2ccc(COC)cc2)n1. The average molecular weight is 295 g/mol. The monoisotopic (exact) mass is 295 g/mol. The zero-order valence-corrected chi connectivity index (χ0v) is 12.3. The molecule has 0 aliphatic heterocycles. The molecule has 0 aliphatic carbocycles. The Morgan fingerprint density at radius 2 is 1.95 bits per heavy atom. The fourth-order valence-electron chi connectivity index (χ4n) is 1.76. The van der Waals surface area contributed by atoms with E-state index in [4.69, 9.17) is 4.74 Å². The quantitative estimate of drug-likeness (QED) is 0.805. The fraction of sp³-hybridized carbons (Fsp3) is 0.385. The zero-order chi connectivity index (χ0) is 14.6. The van der Waals surface area contributed by atoms with E-state index in [0.29, 0.717) is 19.0 Å². The van der Waals surface area contributed by atoms with Crippen molar-refractivity contribution < 1.29 is 13.2 Å². The lowest BCUT2D eigenvalue weighted by atomic mass is 10.2. The van der Waals surface area contributed by atoms with Gasteiger partial charge in [0.1, 0.15) is 12.1 Å². The Balaban J connectivity index is 2.17. The van der Waals surface area contributed by atoms with Gasteiger partial charge in [0.2, 0.25) is 0 Å². The lowest BCUT2D eigenvalue weighted by molar-refractivity contribution is 0.185. The van der Waals surface area contributed by atoms with E-state index in [2.05, 4.69) is 10.1 Å². The fourth-order valence-corrected chi connectivity index (χ4v) is 2.95. The molecule has 0 saturated carbocycles. The van der Waals surface area contributed by atoms with Gasteiger partial charge in [-0.15, -0.1) is 0 Å². The van der Waals surface area contributed by atoms with Crippen molar-refractivity contribution in [2.75, 3.05) is 7.11 Å². The zero-order valence-electron chi connectivity index (χ0n) is 11.5. The number of aryl methyl sites for hydroxylation is 1. The minimum atomic E-state index is -3.42. The molecule has 1 heterocycles. The number of sulfone groups is 1. The molecule has 1 aromatic carbocycles. The van der Waals surface area contributed by atoms with Gasteiger partial charge in [0, 0.05) is 13.7 Å². The van der Waals surface area contributed by atoms with Crippen LogP contribution in [0.25, 0.3) is 0 Å². The minimum Gasteiger partial charge on any atom is -0.380 e. The summed E-state index contributed by atoms with van der Waals surface area (Å²) in [6.45, 7) is 3.04. The van der Waals surface area contributed by atoms with Crippen LogP contribution in [0.4, 0.5) is 0 Å². The van der Waals surface area contributed by atoms with Crippen molar-refractivity contribution in [1.29, 1.82) is 0 Å². The molecule has 0 fully saturated rings. The summed E-state index contributed by atoms with van der Waals surface area (Å²) in [5.74, 6) is 0.122. The lowest BCUT2D eigenvalue weighted by Gasteiger charge is -2.04. The van der Waals surface area contributed by atoms with Crippen molar-refractivity contribution in [1.82, 2.24) is 14.8 Å². The van der Waals surface area contributed by atoms with Gasteiger partial charge in [-0.05, 0) is 24.6 Å². The first-order valence-electron chi connectivity index (χ1n) is 6.24. The average Bonchev–Trinajstić information content (AvgIpc) is 2.87. The molecule has 0 radical (unpaired) electrons. The molecule has 0 atom stereocenters. The van der Waals surface area contributed by atoms with E-state index in [1.54, 1.807) is 36.1 Å². The Kier molecular flexibility index (Phi) is 4.51. The molecule has 0 amide bonds. The molecule has 0 aliphatic rings. The van der Waals surface area contributed by atoms with Crippen LogP contribution in [0.5, 0.6) is 0 Å². The predicted octanol–water partition coefficient (Wildman–Crippen LogP) is 1.42. The largest absolute Gasteiger partial charge is 0.380 e. The van der Waals surface area contributed by atoms with Gasteiger partial charge in [-0.1, -0.05) is 12.1 Å². The third kappa shape index (κ3) is 3.43. The Labute approximate surface area is 118 Å². The van der Waals surface area contributed by atoms with E-state index >= 15 is 0 Å². The lowest BCUT2D eigenvalue weighted by Crippen LogP contribution is -2.07. The van der Waals surface area contributed by atoms with Gasteiger partial charge in [-0.3, -0.25) is 4.68 Å². The van der Waals surface area contributed by atoms with Crippen molar-refractivity contribution >= 4 is 9.84 Å². The second-order valence-corrected chi connectivity index (χ2v) is 6.34. The topological polar surface area (TPSA) is 74.1 Å². The van der Waals surface area contributed by atoms with E-state index in [1.807, 2.05) is 6.92 Å². The van der Waals surface area contributed by atoms with Crippen LogP contribution in [0.2, 0.25) is 0 Å². The van der Waals surface area contributed by atoms with Crippen molar-refractivity contribution in [2.24, 2.45) is 0 Å². The first kappa shape index (κ1) is 14.7. The third-order valence-electron chi connectivity index (χ3n) is 2.82. The maximum atomic E-state index is 12.2. The summed E-state index contributed by atoms with van der Waals surface area (Å²) < 4.78 is 31.1. The third-order valence-corrected chi connectivity index (χ3v) is 4.45. The summed E-state index contributed by atoms with van der Waals surface area (Å²) in [6, 6.07) is 6.66. The molecule has 6 nitrogen and oxygen atoms in total. The summed E-state index contributed by atoms with van der Waals surface area (Å²) >= 11 is 0. The number of methoxy groups -OCH3 is 1. The number of rotatable bonds is 6. The number of benzene rings is 1. The van der Waals surface area contributed by atoms with Gasteiger partial charge >= 0.3 is 0 Å². The molecule has 108 valence electrons. The molecular formula is C13H17N3O3S. The van der Waals surface area contributed by atoms with E-state index < -0.39 is 9.84 Å². The second kappa shape index (κ2) is 6.15. The highest BCUT2D eigenvalue weighted by Gasteiger charge is 2.17. The van der Waals surface area contributed by atoms with E-state index in [0.717, 1.165) is 5.56 Å². The number of hydrogen-bond donors (Lipinski definition) is 0. The summed E-state index contributed by atoms with van der Waals surface area (Å²) in [5.41, 5.74) is 0.930. The van der Waals surface area contributed by atoms with E-state index in [-0.39, 0.29) is 10.6 Å². The number of ether oxygens (including phenoxy) is 1. The smallest absolute Gasteiger partial charge is 0.185 e. The highest BCUT2D eigenvalue weighted by molar-refractivity contribution is 7.90. The molecule has 0 spiro atoms. The van der Waals surface area contributed by atoms with Crippen LogP contribution in [0, 0.1) is 0 Å². The Morgan fingerprint density at radius 3 is 2.50 bits per heavy atom. The molecule has 2 aromatic rings. The molecular weight excluding hydrogens is 278 g/mol. The Bertz CT molecular complexity index is 662. The molecule has 0 unspecified atom stereocenters. The van der Waals surface area contributed by atoms with E-state index in [9.17, 15) is 8.42 Å². The standard InChI is InChI=1S/C13H17N3O3S/c1-3-16-10-14-13(15-16)9-20(17,18)12-6-4-11(5-7-12)8-19-2/h4-7,10H,3,8-9H2,1-2H3. The van der Waals surface area contributed by atoms with Gasteiger partial charge in [0.25, 0.3) is 0 Å². The maximum absolute atomic E-state index is 12.2. The molecule has 7 heteroatoms. The predicted molar refractivity (Wildman–Crippen MR) is 73.7 cm³/mol. The minimum absolute atomic E-state index is 0.191. The number of nitrogens with zero attached hydrogens (tertiary/aromatic N) is 3. The molecule has 0 bridgehead atoms. The normalized spacial score (nSPS) is 11.7. The molecule has 2 rings (SSSR count). The highest BCUT2D eigenvalue weighted by Crippen LogP contribution is 2.15. The van der Waals surface area contributed by atoms with Gasteiger partial charge < -0.3 is 4.74 Å². The van der Waals surface area contributed by atoms with Gasteiger partial charge in [-0.2, -0.15) is 5.10 Å². The van der Waals surface area contributed by atoms with Crippen LogP contribution >= 0.6 is 0 Å². The van der Waals surface area contributed by atoms with Gasteiger partial charge in [0.15, 0.2) is 15.7 Å². The van der Waals surface area contributed by atoms with Crippen LogP contribution in [0.15, 0.2) is 35.5 Å².